The molecule has 5 heteroatoms. The van der Waals surface area contributed by atoms with Crippen molar-refractivity contribution in [3.63, 3.8) is 0 Å². The minimum Gasteiger partial charge on any atom is -0.469 e. The summed E-state index contributed by atoms with van der Waals surface area (Å²) in [6.07, 6.45) is 0.141. The number of carbonyl (C=O) groups excluding carboxylic acids is 2. The Morgan fingerprint density at radius 1 is 1.50 bits per heavy atom. The molecule has 16 heavy (non-hydrogen) atoms. The first kappa shape index (κ1) is 12.3. The summed E-state index contributed by atoms with van der Waals surface area (Å²) in [5.74, 6) is 0.230. The van der Waals surface area contributed by atoms with E-state index in [0.29, 0.717) is 5.76 Å². The van der Waals surface area contributed by atoms with Gasteiger partial charge in [0.2, 0.25) is 0 Å². The van der Waals surface area contributed by atoms with Gasteiger partial charge in [-0.15, -0.1) is 0 Å². The van der Waals surface area contributed by atoms with E-state index in [2.05, 4.69) is 10.1 Å². The lowest BCUT2D eigenvalue weighted by atomic mass is 10.2. The fraction of sp³-hybridized carbons (Fsp3) is 0.455. The van der Waals surface area contributed by atoms with Crippen LogP contribution in [-0.2, 0) is 9.53 Å². The SMILES string of the molecule is COC(=O)C[C@H](C)NC(=O)c1ccc(C)o1. The Balaban J connectivity index is 2.48. The van der Waals surface area contributed by atoms with Crippen LogP contribution in [0.1, 0.15) is 29.7 Å². The van der Waals surface area contributed by atoms with Crippen molar-refractivity contribution in [3.05, 3.63) is 23.7 Å². The molecule has 1 atom stereocenters. The number of methoxy groups -OCH3 is 1. The van der Waals surface area contributed by atoms with Crippen LogP contribution in [0, 0.1) is 6.92 Å². The average Bonchev–Trinajstić information content (AvgIpc) is 2.64. The number of ether oxygens (including phenoxy) is 1. The Bertz CT molecular complexity index is 383. The zero-order valence-corrected chi connectivity index (χ0v) is 9.57. The Labute approximate surface area is 93.8 Å². The lowest BCUT2D eigenvalue weighted by Gasteiger charge is -2.10. The molecule has 0 aliphatic carbocycles. The second kappa shape index (κ2) is 5.34. The van der Waals surface area contributed by atoms with Crippen molar-refractivity contribution in [1.82, 2.24) is 5.32 Å². The summed E-state index contributed by atoms with van der Waals surface area (Å²) in [7, 11) is 1.31. The highest BCUT2D eigenvalue weighted by atomic mass is 16.5. The lowest BCUT2D eigenvalue weighted by molar-refractivity contribution is -0.141. The maximum Gasteiger partial charge on any atom is 0.307 e. The molecule has 5 nitrogen and oxygen atoms in total. The highest BCUT2D eigenvalue weighted by Crippen LogP contribution is 2.06. The van der Waals surface area contributed by atoms with Crippen molar-refractivity contribution in [2.45, 2.75) is 26.3 Å². The predicted octanol–water partition coefficient (Wildman–Crippen LogP) is 1.27. The molecule has 1 heterocycles. The first-order valence-electron chi connectivity index (χ1n) is 4.97. The molecule has 0 fully saturated rings. The molecule has 0 aliphatic rings. The number of rotatable bonds is 4. The zero-order valence-electron chi connectivity index (χ0n) is 9.57. The van der Waals surface area contributed by atoms with E-state index in [0.717, 1.165) is 0 Å². The number of hydrogen-bond donors (Lipinski definition) is 1. The maximum absolute atomic E-state index is 11.6. The van der Waals surface area contributed by atoms with Crippen molar-refractivity contribution < 1.29 is 18.7 Å². The molecule has 0 radical (unpaired) electrons. The summed E-state index contributed by atoms with van der Waals surface area (Å²) >= 11 is 0. The van der Waals surface area contributed by atoms with E-state index in [1.165, 1.54) is 7.11 Å². The molecule has 88 valence electrons. The quantitative estimate of drug-likeness (QED) is 0.783. The van der Waals surface area contributed by atoms with Crippen LogP contribution >= 0.6 is 0 Å². The summed E-state index contributed by atoms with van der Waals surface area (Å²) < 4.78 is 9.65. The number of furan rings is 1. The number of esters is 1. The molecule has 0 saturated heterocycles. The van der Waals surface area contributed by atoms with Crippen molar-refractivity contribution in [2.75, 3.05) is 7.11 Å². The smallest absolute Gasteiger partial charge is 0.307 e. The van der Waals surface area contributed by atoms with Gasteiger partial charge in [0.25, 0.3) is 5.91 Å². The highest BCUT2D eigenvalue weighted by Gasteiger charge is 2.15. The van der Waals surface area contributed by atoms with E-state index in [9.17, 15) is 9.59 Å². The highest BCUT2D eigenvalue weighted by molar-refractivity contribution is 5.91. The van der Waals surface area contributed by atoms with Crippen LogP contribution in [0.5, 0.6) is 0 Å². The van der Waals surface area contributed by atoms with E-state index in [4.69, 9.17) is 4.42 Å². The average molecular weight is 225 g/mol. The third-order valence-corrected chi connectivity index (χ3v) is 2.04. The summed E-state index contributed by atoms with van der Waals surface area (Å²) in [5.41, 5.74) is 0. The topological polar surface area (TPSA) is 68.5 Å². The molecular formula is C11H15NO4. The van der Waals surface area contributed by atoms with Gasteiger partial charge in [0.15, 0.2) is 5.76 Å². The van der Waals surface area contributed by atoms with Crippen molar-refractivity contribution in [2.24, 2.45) is 0 Å². The van der Waals surface area contributed by atoms with Crippen LogP contribution in [0.3, 0.4) is 0 Å². The van der Waals surface area contributed by atoms with Crippen LogP contribution in [0.2, 0.25) is 0 Å². The molecule has 1 aromatic rings. The standard InChI is InChI=1S/C11H15NO4/c1-7(6-10(13)15-3)12-11(14)9-5-4-8(2)16-9/h4-5,7H,6H2,1-3H3,(H,12,14)/t7-/m0/s1. The number of carbonyl (C=O) groups is 2. The Morgan fingerprint density at radius 2 is 2.19 bits per heavy atom. The van der Waals surface area contributed by atoms with Gasteiger partial charge >= 0.3 is 5.97 Å². The van der Waals surface area contributed by atoms with E-state index >= 15 is 0 Å². The van der Waals surface area contributed by atoms with Gasteiger partial charge in [0.1, 0.15) is 5.76 Å². The third-order valence-electron chi connectivity index (χ3n) is 2.04. The molecule has 0 unspecified atom stereocenters. The van der Waals surface area contributed by atoms with E-state index in [-0.39, 0.29) is 30.1 Å². The lowest BCUT2D eigenvalue weighted by Crippen LogP contribution is -2.34. The normalized spacial score (nSPS) is 11.9. The van der Waals surface area contributed by atoms with Gasteiger partial charge in [-0.1, -0.05) is 0 Å². The first-order valence-corrected chi connectivity index (χ1v) is 4.97. The molecule has 0 spiro atoms. The van der Waals surface area contributed by atoms with Crippen LogP contribution in [0.15, 0.2) is 16.5 Å². The molecule has 1 amide bonds. The van der Waals surface area contributed by atoms with Crippen molar-refractivity contribution in [3.8, 4) is 0 Å². The molecule has 0 bridgehead atoms. The second-order valence-electron chi connectivity index (χ2n) is 3.57. The van der Waals surface area contributed by atoms with Gasteiger partial charge in [0.05, 0.1) is 13.5 Å². The number of nitrogens with one attached hydrogen (secondary N) is 1. The van der Waals surface area contributed by atoms with Gasteiger partial charge in [-0.05, 0) is 26.0 Å². The largest absolute Gasteiger partial charge is 0.469 e. The molecule has 0 aliphatic heterocycles. The van der Waals surface area contributed by atoms with E-state index in [1.54, 1.807) is 26.0 Å². The third kappa shape index (κ3) is 3.42. The van der Waals surface area contributed by atoms with E-state index < -0.39 is 0 Å². The van der Waals surface area contributed by atoms with Crippen LogP contribution in [0.25, 0.3) is 0 Å². The minimum atomic E-state index is -0.358. The summed E-state index contributed by atoms with van der Waals surface area (Å²) in [5, 5.41) is 2.64. The van der Waals surface area contributed by atoms with Gasteiger partial charge in [-0.3, -0.25) is 9.59 Å². The number of hydrogen-bond acceptors (Lipinski definition) is 4. The van der Waals surface area contributed by atoms with Crippen molar-refractivity contribution >= 4 is 11.9 Å². The fourth-order valence-corrected chi connectivity index (χ4v) is 1.24. The summed E-state index contributed by atoms with van der Waals surface area (Å²) in [6, 6.07) is 3.01. The van der Waals surface area contributed by atoms with E-state index in [1.807, 2.05) is 0 Å². The van der Waals surface area contributed by atoms with Crippen LogP contribution in [0.4, 0.5) is 0 Å². The second-order valence-corrected chi connectivity index (χ2v) is 3.57. The van der Waals surface area contributed by atoms with Gasteiger partial charge < -0.3 is 14.5 Å². The number of aryl methyl sites for hydroxylation is 1. The Hall–Kier alpha value is -1.78. The molecular weight excluding hydrogens is 210 g/mol. The summed E-state index contributed by atoms with van der Waals surface area (Å²) in [6.45, 7) is 3.49. The molecule has 1 aromatic heterocycles. The fourth-order valence-electron chi connectivity index (χ4n) is 1.24. The van der Waals surface area contributed by atoms with Gasteiger partial charge in [-0.25, -0.2) is 0 Å². The Morgan fingerprint density at radius 3 is 2.69 bits per heavy atom. The van der Waals surface area contributed by atoms with Gasteiger partial charge in [-0.2, -0.15) is 0 Å². The van der Waals surface area contributed by atoms with Crippen LogP contribution < -0.4 is 5.32 Å². The van der Waals surface area contributed by atoms with Crippen molar-refractivity contribution in [1.29, 1.82) is 0 Å². The summed E-state index contributed by atoms with van der Waals surface area (Å²) in [4.78, 5) is 22.5. The molecule has 0 aromatic carbocycles. The minimum absolute atomic E-state index is 0.141. The maximum atomic E-state index is 11.6. The van der Waals surface area contributed by atoms with Gasteiger partial charge in [0, 0.05) is 6.04 Å². The first-order chi connectivity index (χ1) is 7.52. The molecule has 1 rings (SSSR count). The zero-order chi connectivity index (χ0) is 12.1. The monoisotopic (exact) mass is 225 g/mol. The predicted molar refractivity (Wildman–Crippen MR) is 57.0 cm³/mol. The Kier molecular flexibility index (Phi) is 4.10. The number of amides is 1. The van der Waals surface area contributed by atoms with Crippen LogP contribution in [-0.4, -0.2) is 25.0 Å². The molecule has 0 saturated carbocycles. The molecule has 1 N–H and O–H groups in total.